The molecule has 2 aliphatic rings. The molecule has 0 aromatic heterocycles. The van der Waals surface area contributed by atoms with Gasteiger partial charge < -0.3 is 28.4 Å². The number of amides is 1. The lowest BCUT2D eigenvalue weighted by Gasteiger charge is -2.36. The molecule has 1 aromatic rings. The first kappa shape index (κ1) is 32.9. The first-order valence-electron chi connectivity index (χ1n) is 13.4. The molecule has 226 valence electrons. The number of carbonyl (C=O) groups excluding carboxylic acids is 3. The third kappa shape index (κ3) is 8.47. The zero-order chi connectivity index (χ0) is 30.5. The van der Waals surface area contributed by atoms with Crippen molar-refractivity contribution in [2.24, 2.45) is 5.92 Å². The number of hydrogen-bond acceptors (Lipinski definition) is 10. The van der Waals surface area contributed by atoms with Crippen molar-refractivity contribution in [3.05, 3.63) is 54.8 Å². The smallest absolute Gasteiger partial charge is 0.323 e. The Hall–Kier alpha value is -2.60. The Labute approximate surface area is 246 Å². The summed E-state index contributed by atoms with van der Waals surface area (Å²) in [7, 11) is 0. The minimum Gasteiger partial charge on any atom is -0.462 e. The molecule has 0 spiro atoms. The molecular formula is C28H39N2O9PS. The summed E-state index contributed by atoms with van der Waals surface area (Å²) >= 11 is 5.78. The second kappa shape index (κ2) is 13.6. The van der Waals surface area contributed by atoms with Crippen molar-refractivity contribution in [1.29, 1.82) is 0 Å². The summed E-state index contributed by atoms with van der Waals surface area (Å²) in [6, 6.07) is 7.81. The summed E-state index contributed by atoms with van der Waals surface area (Å²) in [5.41, 5.74) is -1.21. The van der Waals surface area contributed by atoms with Crippen molar-refractivity contribution in [2.45, 2.75) is 84.1 Å². The highest BCUT2D eigenvalue weighted by molar-refractivity contribution is 8.09. The molecule has 1 saturated heterocycles. The Kier molecular flexibility index (Phi) is 10.9. The van der Waals surface area contributed by atoms with Crippen molar-refractivity contribution >= 4 is 36.3 Å². The number of allylic oxidation sites excluding steroid dienone is 1. The van der Waals surface area contributed by atoms with Crippen LogP contribution in [0.5, 0.6) is 5.75 Å². The van der Waals surface area contributed by atoms with Crippen molar-refractivity contribution in [1.82, 2.24) is 9.99 Å². The van der Waals surface area contributed by atoms with Gasteiger partial charge in [0.2, 0.25) is 5.91 Å². The number of rotatable bonds is 12. The molecule has 1 amide bonds. The van der Waals surface area contributed by atoms with Crippen LogP contribution in [0.4, 0.5) is 0 Å². The van der Waals surface area contributed by atoms with Crippen LogP contribution in [0.3, 0.4) is 0 Å². The number of aliphatic hydroxyl groups is 1. The largest absolute Gasteiger partial charge is 0.462 e. The van der Waals surface area contributed by atoms with Crippen molar-refractivity contribution in [2.75, 3.05) is 6.61 Å². The van der Waals surface area contributed by atoms with Crippen LogP contribution in [0, 0.1) is 5.92 Å². The lowest BCUT2D eigenvalue weighted by atomic mass is 9.94. The van der Waals surface area contributed by atoms with Gasteiger partial charge in [-0.05, 0) is 63.3 Å². The molecule has 1 fully saturated rings. The summed E-state index contributed by atoms with van der Waals surface area (Å²) < 4.78 is 29.3. The number of para-hydroxylation sites is 1. The maximum absolute atomic E-state index is 12.8. The minimum absolute atomic E-state index is 0.0457. The van der Waals surface area contributed by atoms with Gasteiger partial charge in [0.1, 0.15) is 23.5 Å². The predicted molar refractivity (Wildman–Crippen MR) is 155 cm³/mol. The standard InChI is InChI=1S/C28H39N2O9PS/c1-17(2)25(32)38-24-22(37-27(28(24,7)34)30-14-13-19(5)15-23(30)31)16-35-40(41,39-21-11-9-8-10-12-21)29-20(6)26(33)36-18(3)4/h8-14,17-18,20,22,24,27,34H,5,15-16H2,1-4,6-7H3,(H,29,41)/t20?,22-,24-,27-,28-,40?/m1/s1. The molecule has 0 radical (unpaired) electrons. The molecule has 6 atom stereocenters. The maximum atomic E-state index is 12.8. The van der Waals surface area contributed by atoms with E-state index in [2.05, 4.69) is 11.7 Å². The molecule has 0 bridgehead atoms. The number of nitrogens with one attached hydrogen (secondary N) is 1. The van der Waals surface area contributed by atoms with Crippen molar-refractivity contribution < 1.29 is 42.7 Å². The average Bonchev–Trinajstić information content (AvgIpc) is 3.12. The van der Waals surface area contributed by atoms with Gasteiger partial charge in [-0.2, -0.15) is 0 Å². The molecule has 13 heteroatoms. The highest BCUT2D eigenvalue weighted by Gasteiger charge is 2.58. The third-order valence-electron chi connectivity index (χ3n) is 6.26. The van der Waals surface area contributed by atoms with Crippen LogP contribution in [-0.2, 0) is 44.9 Å². The topological polar surface area (TPSA) is 133 Å². The molecule has 2 N–H and O–H groups in total. The van der Waals surface area contributed by atoms with Crippen LogP contribution in [0.1, 0.15) is 48.0 Å². The molecule has 3 rings (SSSR count). The number of ether oxygens (including phenoxy) is 3. The van der Waals surface area contributed by atoms with E-state index in [0.717, 1.165) is 0 Å². The maximum Gasteiger partial charge on any atom is 0.323 e. The van der Waals surface area contributed by atoms with Crippen LogP contribution < -0.4 is 9.61 Å². The normalized spacial score (nSPS) is 26.7. The molecule has 41 heavy (non-hydrogen) atoms. The van der Waals surface area contributed by atoms with Gasteiger partial charge >= 0.3 is 18.6 Å². The molecule has 2 aliphatic heterocycles. The molecule has 0 saturated carbocycles. The summed E-state index contributed by atoms with van der Waals surface area (Å²) in [6.07, 6.45) is -0.642. The fourth-order valence-electron chi connectivity index (χ4n) is 4.15. The van der Waals surface area contributed by atoms with E-state index in [1.165, 1.54) is 18.0 Å². The Bertz CT molecular complexity index is 1200. The lowest BCUT2D eigenvalue weighted by Crippen LogP contribution is -2.55. The van der Waals surface area contributed by atoms with Gasteiger partial charge in [-0.1, -0.05) is 38.6 Å². The van der Waals surface area contributed by atoms with Gasteiger partial charge in [-0.15, -0.1) is 0 Å². The number of carbonyl (C=O) groups is 3. The van der Waals surface area contributed by atoms with Gasteiger partial charge in [0.15, 0.2) is 12.3 Å². The number of hydrogen-bond donors (Lipinski definition) is 2. The van der Waals surface area contributed by atoms with Crippen LogP contribution in [0.25, 0.3) is 0 Å². The second-order valence-electron chi connectivity index (χ2n) is 10.8. The zero-order valence-corrected chi connectivity index (χ0v) is 25.9. The van der Waals surface area contributed by atoms with E-state index in [-0.39, 0.29) is 25.0 Å². The van der Waals surface area contributed by atoms with Crippen molar-refractivity contribution in [3.8, 4) is 5.75 Å². The van der Waals surface area contributed by atoms with Gasteiger partial charge in [0.05, 0.1) is 25.0 Å². The molecule has 0 aliphatic carbocycles. The summed E-state index contributed by atoms with van der Waals surface area (Å²) in [5.74, 6) is -1.54. The Balaban J connectivity index is 1.89. The lowest BCUT2D eigenvalue weighted by molar-refractivity contribution is -0.170. The monoisotopic (exact) mass is 610 g/mol. The first-order valence-corrected chi connectivity index (χ1v) is 16.0. The molecule has 1 aromatic carbocycles. The van der Waals surface area contributed by atoms with E-state index < -0.39 is 54.6 Å². The minimum atomic E-state index is -3.47. The fraction of sp³-hybridized carbons (Fsp3) is 0.536. The van der Waals surface area contributed by atoms with E-state index in [1.54, 1.807) is 71.0 Å². The predicted octanol–water partition coefficient (Wildman–Crippen LogP) is 3.58. The highest BCUT2D eigenvalue weighted by Crippen LogP contribution is 2.47. The van der Waals surface area contributed by atoms with Crippen LogP contribution in [-0.4, -0.2) is 70.6 Å². The van der Waals surface area contributed by atoms with Crippen molar-refractivity contribution in [3.63, 3.8) is 0 Å². The van der Waals surface area contributed by atoms with E-state index >= 15 is 0 Å². The van der Waals surface area contributed by atoms with Gasteiger partial charge in [-0.25, -0.2) is 5.09 Å². The van der Waals surface area contributed by atoms with Gasteiger partial charge in [0, 0.05) is 6.20 Å². The Morgan fingerprint density at radius 1 is 1.22 bits per heavy atom. The first-order chi connectivity index (χ1) is 19.1. The Morgan fingerprint density at radius 3 is 2.46 bits per heavy atom. The third-order valence-corrected chi connectivity index (χ3v) is 8.76. The SMILES string of the molecule is C=C1C=CN([C@@H]2O[C@H](COP(=S)(NC(C)C(=O)OC(C)C)Oc3ccccc3)[C@@H](OC(=O)C(C)C)[C@@]2(C)O)C(=O)C1. The number of nitrogens with zero attached hydrogens (tertiary/aromatic N) is 1. The van der Waals surface area contributed by atoms with Crippen LogP contribution in [0.2, 0.25) is 0 Å². The number of esters is 2. The zero-order valence-electron chi connectivity index (χ0n) is 24.1. The average molecular weight is 611 g/mol. The Morgan fingerprint density at radius 2 is 1.88 bits per heavy atom. The molecule has 2 heterocycles. The van der Waals surface area contributed by atoms with E-state index in [4.69, 9.17) is 35.1 Å². The number of benzene rings is 1. The van der Waals surface area contributed by atoms with E-state index in [9.17, 15) is 19.5 Å². The summed E-state index contributed by atoms with van der Waals surface area (Å²) in [6.45, 7) is 9.82. The summed E-state index contributed by atoms with van der Waals surface area (Å²) in [4.78, 5) is 39.2. The fourth-order valence-corrected chi connectivity index (χ4v) is 6.57. The van der Waals surface area contributed by atoms with Crippen LogP contribution >= 0.6 is 6.64 Å². The van der Waals surface area contributed by atoms with E-state index in [1.807, 2.05) is 0 Å². The molecule has 11 nitrogen and oxygen atoms in total. The van der Waals surface area contributed by atoms with Crippen LogP contribution in [0.15, 0.2) is 54.8 Å². The molecular weight excluding hydrogens is 571 g/mol. The van der Waals surface area contributed by atoms with E-state index in [0.29, 0.717) is 11.3 Å². The quantitative estimate of drug-likeness (QED) is 0.266. The second-order valence-corrected chi connectivity index (χ2v) is 13.9. The van der Waals surface area contributed by atoms with Gasteiger partial charge in [0.25, 0.3) is 0 Å². The summed E-state index contributed by atoms with van der Waals surface area (Å²) in [5, 5.41) is 14.5. The molecule has 2 unspecified atom stereocenters. The van der Waals surface area contributed by atoms with Gasteiger partial charge in [-0.3, -0.25) is 19.3 Å². The highest BCUT2D eigenvalue weighted by atomic mass is 32.5.